The van der Waals surface area contributed by atoms with Crippen molar-refractivity contribution in [2.75, 3.05) is 19.7 Å². The lowest BCUT2D eigenvalue weighted by molar-refractivity contribution is -0.131. The Kier molecular flexibility index (Phi) is 6.12. The van der Waals surface area contributed by atoms with Gasteiger partial charge >= 0.3 is 0 Å². The van der Waals surface area contributed by atoms with E-state index in [1.807, 2.05) is 29.2 Å². The Morgan fingerprint density at radius 1 is 1.32 bits per heavy atom. The predicted octanol–water partition coefficient (Wildman–Crippen LogP) is 2.84. The van der Waals surface area contributed by atoms with Crippen molar-refractivity contribution in [3.63, 3.8) is 0 Å². The fraction of sp³-hybridized carbons (Fsp3) is 0.562. The molecular formula is C16H22BrClN2O2. The number of ether oxygens (including phenoxy) is 1. The van der Waals surface area contributed by atoms with Gasteiger partial charge in [-0.1, -0.05) is 12.1 Å². The van der Waals surface area contributed by atoms with Crippen molar-refractivity contribution in [1.29, 1.82) is 0 Å². The molecule has 0 radical (unpaired) electrons. The molecule has 4 nitrogen and oxygen atoms in total. The Balaban J connectivity index is 0.00000176. The van der Waals surface area contributed by atoms with E-state index in [9.17, 15) is 4.79 Å². The van der Waals surface area contributed by atoms with Crippen LogP contribution in [0.5, 0.6) is 5.75 Å². The monoisotopic (exact) mass is 388 g/mol. The minimum atomic E-state index is 0. The van der Waals surface area contributed by atoms with E-state index >= 15 is 0 Å². The molecule has 1 aromatic carbocycles. The lowest BCUT2D eigenvalue weighted by Gasteiger charge is -2.19. The molecule has 3 atom stereocenters. The standard InChI is InChI=1S/C16H21BrN2O2.ClH/c17-13-3-1-2-4-15(13)21-8-7-16(20)19-9-11-5-6-14(18)12(11)10-19;/h1-4,11-12,14H,5-10,18H2;1H. The fourth-order valence-electron chi connectivity index (χ4n) is 3.48. The molecular weight excluding hydrogens is 368 g/mol. The zero-order valence-electron chi connectivity index (χ0n) is 12.4. The molecule has 1 aromatic rings. The lowest BCUT2D eigenvalue weighted by atomic mass is 9.98. The number of rotatable bonds is 4. The molecule has 1 saturated heterocycles. The number of amides is 1. The van der Waals surface area contributed by atoms with E-state index in [-0.39, 0.29) is 24.4 Å². The Morgan fingerprint density at radius 2 is 2.09 bits per heavy atom. The van der Waals surface area contributed by atoms with Gasteiger partial charge in [0.2, 0.25) is 5.91 Å². The molecule has 0 aromatic heterocycles. The SMILES string of the molecule is Cl.NC1CCC2CN(C(=O)CCOc3ccccc3Br)CC12. The molecule has 1 amide bonds. The number of carbonyl (C=O) groups is 1. The number of carbonyl (C=O) groups excluding carboxylic acids is 1. The number of nitrogens with two attached hydrogens (primary N) is 1. The normalized spacial score (nSPS) is 26.5. The van der Waals surface area contributed by atoms with Crippen LogP contribution in [0.4, 0.5) is 0 Å². The van der Waals surface area contributed by atoms with Crippen LogP contribution >= 0.6 is 28.3 Å². The van der Waals surface area contributed by atoms with Crippen LogP contribution in [-0.4, -0.2) is 36.5 Å². The van der Waals surface area contributed by atoms with E-state index in [1.165, 1.54) is 6.42 Å². The van der Waals surface area contributed by atoms with Crippen molar-refractivity contribution in [3.8, 4) is 5.75 Å². The molecule has 0 bridgehead atoms. The quantitative estimate of drug-likeness (QED) is 0.861. The van der Waals surface area contributed by atoms with Crippen LogP contribution in [0.15, 0.2) is 28.7 Å². The van der Waals surface area contributed by atoms with Crippen LogP contribution in [0, 0.1) is 11.8 Å². The molecule has 0 spiro atoms. The van der Waals surface area contributed by atoms with Crippen molar-refractivity contribution in [2.45, 2.75) is 25.3 Å². The van der Waals surface area contributed by atoms with Crippen LogP contribution in [-0.2, 0) is 4.79 Å². The highest BCUT2D eigenvalue weighted by atomic mass is 79.9. The second kappa shape index (κ2) is 7.66. The smallest absolute Gasteiger partial charge is 0.226 e. The molecule has 1 saturated carbocycles. The summed E-state index contributed by atoms with van der Waals surface area (Å²) in [5.74, 6) is 2.10. The minimum absolute atomic E-state index is 0. The number of hydrogen-bond donors (Lipinski definition) is 1. The summed E-state index contributed by atoms with van der Waals surface area (Å²) in [6.07, 6.45) is 2.71. The summed E-state index contributed by atoms with van der Waals surface area (Å²) < 4.78 is 6.58. The fourth-order valence-corrected chi connectivity index (χ4v) is 3.88. The molecule has 2 fully saturated rings. The van der Waals surface area contributed by atoms with Gasteiger partial charge in [0, 0.05) is 19.1 Å². The van der Waals surface area contributed by atoms with E-state index in [2.05, 4.69) is 15.9 Å². The Hall–Kier alpha value is -0.780. The summed E-state index contributed by atoms with van der Waals surface area (Å²) in [6, 6.07) is 7.97. The summed E-state index contributed by atoms with van der Waals surface area (Å²) in [7, 11) is 0. The summed E-state index contributed by atoms with van der Waals surface area (Å²) in [5.41, 5.74) is 6.11. The predicted molar refractivity (Wildman–Crippen MR) is 92.3 cm³/mol. The van der Waals surface area contributed by atoms with Gasteiger partial charge in [-0.3, -0.25) is 4.79 Å². The Labute approximate surface area is 145 Å². The highest BCUT2D eigenvalue weighted by Crippen LogP contribution is 2.37. The average Bonchev–Trinajstić information content (AvgIpc) is 3.04. The first-order valence-corrected chi connectivity index (χ1v) is 8.35. The summed E-state index contributed by atoms with van der Waals surface area (Å²) in [6.45, 7) is 2.13. The van der Waals surface area contributed by atoms with Gasteiger partial charge in [0.15, 0.2) is 0 Å². The summed E-state index contributed by atoms with van der Waals surface area (Å²) in [4.78, 5) is 14.2. The average molecular weight is 390 g/mol. The van der Waals surface area contributed by atoms with Crippen LogP contribution in [0.2, 0.25) is 0 Å². The third-order valence-electron chi connectivity index (χ3n) is 4.68. The molecule has 1 heterocycles. The summed E-state index contributed by atoms with van der Waals surface area (Å²) >= 11 is 3.43. The number of para-hydroxylation sites is 1. The van der Waals surface area contributed by atoms with Crippen molar-refractivity contribution in [3.05, 3.63) is 28.7 Å². The number of likely N-dealkylation sites (tertiary alicyclic amines) is 1. The highest BCUT2D eigenvalue weighted by Gasteiger charge is 2.42. The molecule has 1 aliphatic carbocycles. The first kappa shape index (κ1) is 17.6. The first-order chi connectivity index (χ1) is 10.1. The van der Waals surface area contributed by atoms with Crippen LogP contribution in [0.3, 0.4) is 0 Å². The van der Waals surface area contributed by atoms with Crippen molar-refractivity contribution in [1.82, 2.24) is 4.90 Å². The van der Waals surface area contributed by atoms with E-state index in [0.29, 0.717) is 24.9 Å². The summed E-state index contributed by atoms with van der Waals surface area (Å²) in [5, 5.41) is 0. The van der Waals surface area contributed by atoms with Gasteiger partial charge in [0.1, 0.15) is 5.75 Å². The molecule has 22 heavy (non-hydrogen) atoms. The van der Waals surface area contributed by atoms with Gasteiger partial charge in [-0.2, -0.15) is 0 Å². The van der Waals surface area contributed by atoms with Gasteiger partial charge in [-0.25, -0.2) is 0 Å². The zero-order chi connectivity index (χ0) is 14.8. The molecule has 1 aliphatic heterocycles. The van der Waals surface area contributed by atoms with Crippen molar-refractivity contribution >= 4 is 34.2 Å². The molecule has 2 aliphatic rings. The van der Waals surface area contributed by atoms with Gasteiger partial charge in [-0.15, -0.1) is 12.4 Å². The second-order valence-corrected chi connectivity index (χ2v) is 6.85. The van der Waals surface area contributed by atoms with Gasteiger partial charge in [-0.05, 0) is 52.7 Å². The van der Waals surface area contributed by atoms with Gasteiger partial charge in [0.05, 0.1) is 17.5 Å². The van der Waals surface area contributed by atoms with E-state index in [0.717, 1.165) is 29.7 Å². The Bertz CT molecular complexity index is 529. The number of benzene rings is 1. The van der Waals surface area contributed by atoms with Crippen LogP contribution in [0.25, 0.3) is 0 Å². The largest absolute Gasteiger partial charge is 0.492 e. The van der Waals surface area contributed by atoms with Crippen LogP contribution in [0.1, 0.15) is 19.3 Å². The molecule has 122 valence electrons. The number of halogens is 2. The molecule has 6 heteroatoms. The Morgan fingerprint density at radius 3 is 2.82 bits per heavy atom. The van der Waals surface area contributed by atoms with E-state index in [1.54, 1.807) is 0 Å². The second-order valence-electron chi connectivity index (χ2n) is 5.99. The van der Waals surface area contributed by atoms with Crippen molar-refractivity contribution < 1.29 is 9.53 Å². The first-order valence-electron chi connectivity index (χ1n) is 7.56. The third kappa shape index (κ3) is 3.76. The highest BCUT2D eigenvalue weighted by molar-refractivity contribution is 9.10. The van der Waals surface area contributed by atoms with Crippen LogP contribution < -0.4 is 10.5 Å². The topological polar surface area (TPSA) is 55.6 Å². The maximum atomic E-state index is 12.3. The van der Waals surface area contributed by atoms with Gasteiger partial charge < -0.3 is 15.4 Å². The van der Waals surface area contributed by atoms with E-state index < -0.39 is 0 Å². The molecule has 2 N–H and O–H groups in total. The molecule has 3 unspecified atom stereocenters. The number of fused-ring (bicyclic) bond motifs is 1. The third-order valence-corrected chi connectivity index (χ3v) is 5.33. The molecule has 3 rings (SSSR count). The zero-order valence-corrected chi connectivity index (χ0v) is 14.8. The maximum Gasteiger partial charge on any atom is 0.226 e. The number of hydrogen-bond acceptors (Lipinski definition) is 3. The minimum Gasteiger partial charge on any atom is -0.492 e. The lowest BCUT2D eigenvalue weighted by Crippen LogP contribution is -2.34. The van der Waals surface area contributed by atoms with Crippen molar-refractivity contribution in [2.24, 2.45) is 17.6 Å². The maximum absolute atomic E-state index is 12.3. The van der Waals surface area contributed by atoms with Gasteiger partial charge in [0.25, 0.3) is 0 Å². The number of nitrogens with zero attached hydrogens (tertiary/aromatic N) is 1. The van der Waals surface area contributed by atoms with E-state index in [4.69, 9.17) is 10.5 Å².